The highest BCUT2D eigenvalue weighted by atomic mass is 32.2. The van der Waals surface area contributed by atoms with Crippen molar-refractivity contribution in [3.05, 3.63) is 42.4 Å². The van der Waals surface area contributed by atoms with E-state index in [2.05, 4.69) is 20.0 Å². The molecule has 0 aliphatic carbocycles. The van der Waals surface area contributed by atoms with E-state index in [1.807, 2.05) is 0 Å². The Balaban J connectivity index is 2.13. The van der Waals surface area contributed by atoms with E-state index in [-0.39, 0.29) is 22.4 Å². The van der Waals surface area contributed by atoms with Crippen LogP contribution in [0.3, 0.4) is 0 Å². The smallest absolute Gasteiger partial charge is 0.241 e. The summed E-state index contributed by atoms with van der Waals surface area (Å²) < 4.78 is 27.3. The van der Waals surface area contributed by atoms with E-state index in [0.29, 0.717) is 12.1 Å². The van der Waals surface area contributed by atoms with Crippen LogP contribution in [0.15, 0.2) is 41.4 Å². The number of carbonyl (C=O) groups is 1. The molecule has 0 fully saturated rings. The van der Waals surface area contributed by atoms with Crippen LogP contribution >= 0.6 is 0 Å². The van der Waals surface area contributed by atoms with Crippen molar-refractivity contribution in [2.45, 2.75) is 31.2 Å². The van der Waals surface area contributed by atoms with Gasteiger partial charge in [0, 0.05) is 18.3 Å². The summed E-state index contributed by atoms with van der Waals surface area (Å²) in [6.07, 6.45) is 1.81. The SMILES string of the molecule is CCC(=O)Nc1ccc(S(=O)(=O)N[C@H](C)c2nccc(N)n2)cc1. The normalized spacial score (nSPS) is 12.6. The van der Waals surface area contributed by atoms with Crippen molar-refractivity contribution >= 4 is 27.4 Å². The van der Waals surface area contributed by atoms with Gasteiger partial charge in [0.1, 0.15) is 11.6 Å². The number of hydrogen-bond acceptors (Lipinski definition) is 6. The number of rotatable bonds is 6. The van der Waals surface area contributed by atoms with Gasteiger partial charge >= 0.3 is 0 Å². The minimum Gasteiger partial charge on any atom is -0.384 e. The third-order valence-electron chi connectivity index (χ3n) is 3.18. The third-order valence-corrected chi connectivity index (χ3v) is 4.74. The van der Waals surface area contributed by atoms with Gasteiger partial charge in [-0.15, -0.1) is 0 Å². The Labute approximate surface area is 140 Å². The molecule has 0 aliphatic heterocycles. The monoisotopic (exact) mass is 349 g/mol. The molecular weight excluding hydrogens is 330 g/mol. The number of sulfonamides is 1. The predicted octanol–water partition coefficient (Wildman–Crippen LogP) is 1.45. The lowest BCUT2D eigenvalue weighted by Gasteiger charge is -2.13. The first-order valence-corrected chi connectivity index (χ1v) is 8.81. The van der Waals surface area contributed by atoms with Crippen LogP contribution in [0.1, 0.15) is 32.1 Å². The molecule has 4 N–H and O–H groups in total. The molecule has 128 valence electrons. The van der Waals surface area contributed by atoms with Crippen LogP contribution in [0.2, 0.25) is 0 Å². The Morgan fingerprint density at radius 2 is 1.92 bits per heavy atom. The van der Waals surface area contributed by atoms with E-state index < -0.39 is 16.1 Å². The molecule has 2 aromatic rings. The number of nitrogen functional groups attached to an aromatic ring is 1. The van der Waals surface area contributed by atoms with Crippen LogP contribution < -0.4 is 15.8 Å². The molecule has 0 saturated carbocycles. The minimum atomic E-state index is -3.75. The molecule has 8 nitrogen and oxygen atoms in total. The summed E-state index contributed by atoms with van der Waals surface area (Å²) in [4.78, 5) is 19.4. The molecule has 2 rings (SSSR count). The molecular formula is C15H19N5O3S. The summed E-state index contributed by atoms with van der Waals surface area (Å²) in [7, 11) is -3.75. The standard InChI is InChI=1S/C15H19N5O3S/c1-3-14(21)18-11-4-6-12(7-5-11)24(22,23)20-10(2)15-17-9-8-13(16)19-15/h4-10,20H,3H2,1-2H3,(H,18,21)(H2,16,17,19)/t10-/m1/s1. The highest BCUT2D eigenvalue weighted by Gasteiger charge is 2.20. The summed E-state index contributed by atoms with van der Waals surface area (Å²) in [6.45, 7) is 3.36. The zero-order chi connectivity index (χ0) is 17.7. The largest absolute Gasteiger partial charge is 0.384 e. The van der Waals surface area contributed by atoms with Gasteiger partial charge in [0.05, 0.1) is 10.9 Å². The summed E-state index contributed by atoms with van der Waals surface area (Å²) in [5.74, 6) is 0.406. The van der Waals surface area contributed by atoms with Crippen LogP contribution in [0.4, 0.5) is 11.5 Å². The van der Waals surface area contributed by atoms with E-state index in [9.17, 15) is 13.2 Å². The molecule has 0 aliphatic rings. The molecule has 0 bridgehead atoms. The van der Waals surface area contributed by atoms with Crippen LogP contribution in [-0.2, 0) is 14.8 Å². The van der Waals surface area contributed by atoms with Crippen LogP contribution in [0.25, 0.3) is 0 Å². The second kappa shape index (κ2) is 7.37. The zero-order valence-corrected chi connectivity index (χ0v) is 14.2. The fourth-order valence-electron chi connectivity index (χ4n) is 1.92. The zero-order valence-electron chi connectivity index (χ0n) is 13.4. The van der Waals surface area contributed by atoms with Crippen molar-refractivity contribution < 1.29 is 13.2 Å². The number of nitrogens with one attached hydrogen (secondary N) is 2. The van der Waals surface area contributed by atoms with Gasteiger partial charge in [0.15, 0.2) is 0 Å². The van der Waals surface area contributed by atoms with E-state index >= 15 is 0 Å². The Morgan fingerprint density at radius 1 is 1.25 bits per heavy atom. The van der Waals surface area contributed by atoms with Crippen molar-refractivity contribution in [3.63, 3.8) is 0 Å². The molecule has 0 saturated heterocycles. The molecule has 0 unspecified atom stereocenters. The first-order chi connectivity index (χ1) is 11.3. The van der Waals surface area contributed by atoms with Gasteiger partial charge in [-0.1, -0.05) is 6.92 Å². The third kappa shape index (κ3) is 4.49. The van der Waals surface area contributed by atoms with Crippen molar-refractivity contribution in [3.8, 4) is 0 Å². The highest BCUT2D eigenvalue weighted by molar-refractivity contribution is 7.89. The molecule has 1 aromatic carbocycles. The average molecular weight is 349 g/mol. The number of amides is 1. The molecule has 9 heteroatoms. The molecule has 1 amide bonds. The van der Waals surface area contributed by atoms with Crippen LogP contribution in [0.5, 0.6) is 0 Å². The first-order valence-electron chi connectivity index (χ1n) is 7.32. The Kier molecular flexibility index (Phi) is 5.47. The van der Waals surface area contributed by atoms with Gasteiger partial charge in [0.2, 0.25) is 15.9 Å². The maximum atomic E-state index is 12.4. The molecule has 1 atom stereocenters. The maximum absolute atomic E-state index is 12.4. The number of hydrogen-bond donors (Lipinski definition) is 3. The first kappa shape index (κ1) is 17.8. The number of nitrogens with two attached hydrogens (primary N) is 1. The topological polar surface area (TPSA) is 127 Å². The van der Waals surface area contributed by atoms with E-state index in [1.54, 1.807) is 13.8 Å². The van der Waals surface area contributed by atoms with E-state index in [0.717, 1.165) is 0 Å². The highest BCUT2D eigenvalue weighted by Crippen LogP contribution is 2.17. The van der Waals surface area contributed by atoms with E-state index in [1.165, 1.54) is 36.5 Å². The summed E-state index contributed by atoms with van der Waals surface area (Å²) in [5.41, 5.74) is 6.11. The van der Waals surface area contributed by atoms with Crippen LogP contribution in [0, 0.1) is 0 Å². The number of anilines is 2. The Bertz CT molecular complexity index is 821. The van der Waals surface area contributed by atoms with Gasteiger partial charge < -0.3 is 11.1 Å². The second-order valence-corrected chi connectivity index (χ2v) is 6.82. The maximum Gasteiger partial charge on any atom is 0.241 e. The lowest BCUT2D eigenvalue weighted by atomic mass is 10.3. The van der Waals surface area contributed by atoms with E-state index in [4.69, 9.17) is 5.73 Å². The Hall–Kier alpha value is -2.52. The van der Waals surface area contributed by atoms with Gasteiger partial charge in [-0.3, -0.25) is 4.79 Å². The molecule has 0 radical (unpaired) electrons. The van der Waals surface area contributed by atoms with Crippen molar-refractivity contribution in [1.82, 2.24) is 14.7 Å². The fourth-order valence-corrected chi connectivity index (χ4v) is 3.12. The summed E-state index contributed by atoms with van der Waals surface area (Å²) in [5, 5.41) is 2.66. The average Bonchev–Trinajstić information content (AvgIpc) is 2.55. The van der Waals surface area contributed by atoms with Crippen molar-refractivity contribution in [2.24, 2.45) is 0 Å². The van der Waals surface area contributed by atoms with Crippen molar-refractivity contribution in [1.29, 1.82) is 0 Å². The van der Waals surface area contributed by atoms with Gasteiger partial charge in [0.25, 0.3) is 0 Å². The lowest BCUT2D eigenvalue weighted by molar-refractivity contribution is -0.115. The molecule has 1 aromatic heterocycles. The molecule has 1 heterocycles. The van der Waals surface area contributed by atoms with Crippen molar-refractivity contribution in [2.75, 3.05) is 11.1 Å². The lowest BCUT2D eigenvalue weighted by Crippen LogP contribution is -2.28. The van der Waals surface area contributed by atoms with Gasteiger partial charge in [-0.2, -0.15) is 0 Å². The quantitative estimate of drug-likeness (QED) is 0.724. The summed E-state index contributed by atoms with van der Waals surface area (Å²) in [6, 6.07) is 6.78. The number of benzene rings is 1. The fraction of sp³-hybridized carbons (Fsp3) is 0.267. The Morgan fingerprint density at radius 3 is 2.50 bits per heavy atom. The second-order valence-electron chi connectivity index (χ2n) is 5.11. The number of nitrogens with zero attached hydrogens (tertiary/aromatic N) is 2. The predicted molar refractivity (Wildman–Crippen MR) is 90.5 cm³/mol. The number of carbonyl (C=O) groups excluding carboxylic acids is 1. The summed E-state index contributed by atoms with van der Waals surface area (Å²) >= 11 is 0. The molecule has 0 spiro atoms. The van der Waals surface area contributed by atoms with Gasteiger partial charge in [-0.25, -0.2) is 23.1 Å². The minimum absolute atomic E-state index is 0.0766. The number of aromatic nitrogens is 2. The van der Waals surface area contributed by atoms with Gasteiger partial charge in [-0.05, 0) is 37.3 Å². The molecule has 24 heavy (non-hydrogen) atoms. The van der Waals surface area contributed by atoms with Crippen LogP contribution in [-0.4, -0.2) is 24.3 Å².